The van der Waals surface area contributed by atoms with E-state index < -0.39 is 5.97 Å². The number of methoxy groups -OCH3 is 1. The van der Waals surface area contributed by atoms with Gasteiger partial charge in [0.15, 0.2) is 12.0 Å². The van der Waals surface area contributed by atoms with Crippen molar-refractivity contribution in [2.45, 2.75) is 6.92 Å². The summed E-state index contributed by atoms with van der Waals surface area (Å²) in [5.41, 5.74) is 2.04. The Morgan fingerprint density at radius 3 is 2.67 bits per heavy atom. The molecule has 2 rings (SSSR count). The smallest absolute Gasteiger partial charge is 0.338 e. The molecule has 1 aromatic heterocycles. The van der Waals surface area contributed by atoms with Crippen LogP contribution in [-0.4, -0.2) is 19.4 Å². The Morgan fingerprint density at radius 2 is 2.06 bits per heavy atom. The summed E-state index contributed by atoms with van der Waals surface area (Å²) in [6.07, 6.45) is 0.638. The highest BCUT2D eigenvalue weighted by Crippen LogP contribution is 2.24. The minimum Gasteiger partial charge on any atom is -0.465 e. The van der Waals surface area contributed by atoms with E-state index in [4.69, 9.17) is 9.15 Å². The van der Waals surface area contributed by atoms with Crippen LogP contribution in [-0.2, 0) is 4.74 Å². The van der Waals surface area contributed by atoms with E-state index in [1.165, 1.54) is 7.11 Å². The Morgan fingerprint density at radius 1 is 1.28 bits per heavy atom. The summed E-state index contributed by atoms with van der Waals surface area (Å²) >= 11 is 0. The van der Waals surface area contributed by atoms with Crippen molar-refractivity contribution in [1.29, 1.82) is 0 Å². The molecule has 4 heteroatoms. The van der Waals surface area contributed by atoms with Gasteiger partial charge in [0.1, 0.15) is 5.76 Å². The van der Waals surface area contributed by atoms with Crippen molar-refractivity contribution in [3.8, 4) is 11.3 Å². The average molecular weight is 244 g/mol. The highest BCUT2D eigenvalue weighted by atomic mass is 16.5. The molecule has 18 heavy (non-hydrogen) atoms. The van der Waals surface area contributed by atoms with Crippen molar-refractivity contribution in [3.05, 3.63) is 47.2 Å². The van der Waals surface area contributed by atoms with Crippen molar-refractivity contribution >= 4 is 12.3 Å². The number of aryl methyl sites for hydroxylation is 1. The monoisotopic (exact) mass is 244 g/mol. The van der Waals surface area contributed by atoms with Crippen LogP contribution in [0.5, 0.6) is 0 Å². The largest absolute Gasteiger partial charge is 0.465 e. The number of carbonyl (C=O) groups is 2. The zero-order chi connectivity index (χ0) is 13.1. The molecule has 0 radical (unpaired) electrons. The van der Waals surface area contributed by atoms with Gasteiger partial charge in [-0.2, -0.15) is 0 Å². The van der Waals surface area contributed by atoms with Gasteiger partial charge in [-0.25, -0.2) is 4.79 Å². The molecular formula is C14H12O4. The van der Waals surface area contributed by atoms with Crippen LogP contribution in [0.2, 0.25) is 0 Å². The van der Waals surface area contributed by atoms with Crippen LogP contribution >= 0.6 is 0 Å². The number of furan rings is 1. The zero-order valence-electron chi connectivity index (χ0n) is 10.1. The molecule has 4 nitrogen and oxygen atoms in total. The number of esters is 1. The summed E-state index contributed by atoms with van der Waals surface area (Å²) in [7, 11) is 1.34. The molecular weight excluding hydrogens is 232 g/mol. The second-order valence-electron chi connectivity index (χ2n) is 3.84. The first-order valence-corrected chi connectivity index (χ1v) is 5.40. The fourth-order valence-electron chi connectivity index (χ4n) is 1.68. The van der Waals surface area contributed by atoms with Crippen LogP contribution < -0.4 is 0 Å². The van der Waals surface area contributed by atoms with E-state index in [1.54, 1.807) is 18.2 Å². The second kappa shape index (κ2) is 4.87. The van der Waals surface area contributed by atoms with E-state index >= 15 is 0 Å². The molecule has 0 saturated carbocycles. The van der Waals surface area contributed by atoms with Gasteiger partial charge in [0.2, 0.25) is 0 Å². The fraction of sp³-hybridized carbons (Fsp3) is 0.143. The van der Waals surface area contributed by atoms with Crippen molar-refractivity contribution in [1.82, 2.24) is 0 Å². The number of hydrogen-bond donors (Lipinski definition) is 0. The van der Waals surface area contributed by atoms with E-state index in [0.717, 1.165) is 11.1 Å². The molecule has 0 aliphatic heterocycles. The summed E-state index contributed by atoms with van der Waals surface area (Å²) in [6, 6.07) is 8.60. The van der Waals surface area contributed by atoms with Gasteiger partial charge in [0.25, 0.3) is 0 Å². The lowest BCUT2D eigenvalue weighted by atomic mass is 10.0. The highest BCUT2D eigenvalue weighted by Gasteiger charge is 2.12. The maximum Gasteiger partial charge on any atom is 0.338 e. The minimum absolute atomic E-state index is 0.255. The third kappa shape index (κ3) is 2.18. The predicted octanol–water partition coefficient (Wildman–Crippen LogP) is 2.85. The lowest BCUT2D eigenvalue weighted by Crippen LogP contribution is -2.03. The Kier molecular flexibility index (Phi) is 3.28. The molecule has 0 N–H and O–H groups in total. The molecule has 0 spiro atoms. The Hall–Kier alpha value is -2.36. The fourth-order valence-corrected chi connectivity index (χ4v) is 1.68. The molecule has 0 amide bonds. The van der Waals surface area contributed by atoms with E-state index in [0.29, 0.717) is 17.6 Å². The van der Waals surface area contributed by atoms with Gasteiger partial charge >= 0.3 is 5.97 Å². The van der Waals surface area contributed by atoms with Gasteiger partial charge in [0, 0.05) is 5.56 Å². The topological polar surface area (TPSA) is 56.5 Å². The Labute approximate surface area is 104 Å². The van der Waals surface area contributed by atoms with Crippen LogP contribution in [0.1, 0.15) is 26.5 Å². The number of rotatable bonds is 3. The van der Waals surface area contributed by atoms with Crippen LogP contribution in [0.4, 0.5) is 0 Å². The summed E-state index contributed by atoms with van der Waals surface area (Å²) in [5.74, 6) is 0.406. The summed E-state index contributed by atoms with van der Waals surface area (Å²) < 4.78 is 10.0. The van der Waals surface area contributed by atoms with Gasteiger partial charge in [-0.3, -0.25) is 4.79 Å². The molecule has 0 aliphatic carbocycles. The van der Waals surface area contributed by atoms with Crippen LogP contribution in [0.25, 0.3) is 11.3 Å². The summed E-state index contributed by atoms with van der Waals surface area (Å²) in [4.78, 5) is 22.1. The van der Waals surface area contributed by atoms with Crippen molar-refractivity contribution in [2.75, 3.05) is 7.11 Å². The van der Waals surface area contributed by atoms with E-state index in [-0.39, 0.29) is 5.76 Å². The van der Waals surface area contributed by atoms with Crippen molar-refractivity contribution < 1.29 is 18.7 Å². The van der Waals surface area contributed by atoms with E-state index in [2.05, 4.69) is 0 Å². The molecule has 92 valence electrons. The number of aldehydes is 1. The zero-order valence-corrected chi connectivity index (χ0v) is 10.1. The molecule has 0 bridgehead atoms. The maximum atomic E-state index is 11.6. The molecule has 0 fully saturated rings. The van der Waals surface area contributed by atoms with E-state index in [1.807, 2.05) is 19.1 Å². The van der Waals surface area contributed by atoms with Crippen molar-refractivity contribution in [3.63, 3.8) is 0 Å². The van der Waals surface area contributed by atoms with Gasteiger partial charge in [0.05, 0.1) is 12.7 Å². The maximum absolute atomic E-state index is 11.6. The quantitative estimate of drug-likeness (QED) is 0.615. The van der Waals surface area contributed by atoms with Crippen LogP contribution in [0.15, 0.2) is 34.7 Å². The number of ether oxygens (including phenoxy) is 1. The number of hydrogen-bond acceptors (Lipinski definition) is 4. The number of carbonyl (C=O) groups excluding carboxylic acids is 2. The third-order valence-corrected chi connectivity index (χ3v) is 2.67. The number of benzene rings is 1. The molecule has 1 aromatic carbocycles. The first-order valence-electron chi connectivity index (χ1n) is 5.40. The van der Waals surface area contributed by atoms with Gasteiger partial charge in [-0.05, 0) is 30.7 Å². The summed E-state index contributed by atoms with van der Waals surface area (Å²) in [6.45, 7) is 1.83. The summed E-state index contributed by atoms with van der Waals surface area (Å²) in [5, 5.41) is 0. The third-order valence-electron chi connectivity index (χ3n) is 2.67. The van der Waals surface area contributed by atoms with Crippen LogP contribution in [0, 0.1) is 6.92 Å². The van der Waals surface area contributed by atoms with Gasteiger partial charge in [-0.1, -0.05) is 12.1 Å². The standard InChI is InChI=1S/C14H12O4/c1-9-3-4-10(7-12(9)14(16)17-2)13-6-5-11(8-15)18-13/h3-8H,1-2H3. The van der Waals surface area contributed by atoms with Crippen LogP contribution in [0.3, 0.4) is 0 Å². The first kappa shape index (κ1) is 12.1. The van der Waals surface area contributed by atoms with Crippen molar-refractivity contribution in [2.24, 2.45) is 0 Å². The predicted molar refractivity (Wildman–Crippen MR) is 65.6 cm³/mol. The molecule has 1 heterocycles. The normalized spacial score (nSPS) is 10.1. The molecule has 0 atom stereocenters. The molecule has 0 saturated heterocycles. The SMILES string of the molecule is COC(=O)c1cc(-c2ccc(C=O)o2)ccc1C. The highest BCUT2D eigenvalue weighted by molar-refractivity contribution is 5.92. The van der Waals surface area contributed by atoms with Gasteiger partial charge < -0.3 is 9.15 Å². The van der Waals surface area contributed by atoms with E-state index in [9.17, 15) is 9.59 Å². The Bertz CT molecular complexity index is 596. The molecule has 0 unspecified atom stereocenters. The van der Waals surface area contributed by atoms with Gasteiger partial charge in [-0.15, -0.1) is 0 Å². The first-order chi connectivity index (χ1) is 8.65. The second-order valence-corrected chi connectivity index (χ2v) is 3.84. The molecule has 0 aliphatic rings. The lowest BCUT2D eigenvalue weighted by Gasteiger charge is -2.05. The minimum atomic E-state index is -0.392. The average Bonchev–Trinajstić information content (AvgIpc) is 2.87. The lowest BCUT2D eigenvalue weighted by molar-refractivity contribution is 0.0600. The molecule has 2 aromatic rings. The Balaban J connectivity index is 2.46.